The molecule has 1 aliphatic heterocycles. The van der Waals surface area contributed by atoms with Crippen molar-refractivity contribution in [3.8, 4) is 11.3 Å². The lowest BCUT2D eigenvalue weighted by atomic mass is 10.1. The molecule has 0 aliphatic carbocycles. The van der Waals surface area contributed by atoms with Crippen LogP contribution in [0, 0.1) is 5.82 Å². The van der Waals surface area contributed by atoms with Gasteiger partial charge in [0.05, 0.1) is 10.7 Å². The molecule has 0 spiro atoms. The molecule has 1 aliphatic rings. The van der Waals surface area contributed by atoms with Crippen molar-refractivity contribution < 1.29 is 13.9 Å². The van der Waals surface area contributed by atoms with Crippen LogP contribution in [0.4, 0.5) is 15.0 Å². The van der Waals surface area contributed by atoms with E-state index in [1.807, 2.05) is 12.1 Å². The molecule has 132 valence electrons. The molecule has 1 aromatic carbocycles. The fourth-order valence-corrected chi connectivity index (χ4v) is 2.98. The number of hydrogen-bond acceptors (Lipinski definition) is 4. The maximum absolute atomic E-state index is 13.6. The summed E-state index contributed by atoms with van der Waals surface area (Å²) in [6, 6.07) is 9.88. The number of pyridine rings is 1. The number of aromatic nitrogens is 3. The first-order valence-electron chi connectivity index (χ1n) is 8.01. The fourth-order valence-electron chi connectivity index (χ4n) is 2.87. The number of carbonyl (C=O) groups excluding carboxylic acids is 1. The van der Waals surface area contributed by atoms with Crippen LogP contribution in [0.25, 0.3) is 11.3 Å². The van der Waals surface area contributed by atoms with Crippen molar-refractivity contribution in [2.45, 2.75) is 12.5 Å². The van der Waals surface area contributed by atoms with Crippen molar-refractivity contribution in [3.05, 3.63) is 65.2 Å². The number of amides is 1. The SMILES string of the molecule is O=C1OC(c2ccc(Cl)c(F)c2)CCN1c1cc(-c2ccncc2)[nH]n1. The highest BCUT2D eigenvalue weighted by molar-refractivity contribution is 6.30. The molecule has 0 saturated carbocycles. The monoisotopic (exact) mass is 372 g/mol. The van der Waals surface area contributed by atoms with Crippen molar-refractivity contribution in [1.29, 1.82) is 0 Å². The fraction of sp³-hybridized carbons (Fsp3) is 0.167. The van der Waals surface area contributed by atoms with Gasteiger partial charge in [-0.15, -0.1) is 0 Å². The number of rotatable bonds is 3. The van der Waals surface area contributed by atoms with Crippen LogP contribution in [0.2, 0.25) is 5.02 Å². The third-order valence-corrected chi connectivity index (χ3v) is 4.53. The summed E-state index contributed by atoms with van der Waals surface area (Å²) < 4.78 is 19.1. The molecule has 1 atom stereocenters. The van der Waals surface area contributed by atoms with Crippen LogP contribution in [0.3, 0.4) is 0 Å². The Morgan fingerprint density at radius 3 is 2.77 bits per heavy atom. The Morgan fingerprint density at radius 1 is 1.23 bits per heavy atom. The van der Waals surface area contributed by atoms with E-state index in [0.29, 0.717) is 24.3 Å². The Balaban J connectivity index is 1.50. The average molecular weight is 373 g/mol. The molecule has 1 saturated heterocycles. The smallest absolute Gasteiger partial charge is 0.416 e. The summed E-state index contributed by atoms with van der Waals surface area (Å²) in [5.41, 5.74) is 2.27. The van der Waals surface area contributed by atoms with E-state index in [9.17, 15) is 9.18 Å². The van der Waals surface area contributed by atoms with E-state index in [-0.39, 0.29) is 5.02 Å². The highest BCUT2D eigenvalue weighted by Crippen LogP contribution is 2.31. The maximum Gasteiger partial charge on any atom is 0.416 e. The molecular formula is C18H14ClFN4O2. The van der Waals surface area contributed by atoms with Gasteiger partial charge in [0, 0.05) is 37.0 Å². The van der Waals surface area contributed by atoms with Gasteiger partial charge in [-0.05, 0) is 29.8 Å². The highest BCUT2D eigenvalue weighted by Gasteiger charge is 2.31. The number of H-pyrrole nitrogens is 1. The standard InChI is InChI=1S/C18H14ClFN4O2/c19-13-2-1-12(9-14(13)20)16-5-8-24(18(25)26-16)17-10-15(22-23-17)11-3-6-21-7-4-11/h1-4,6-7,9-10,16H,5,8H2,(H,22,23). The second-order valence-corrected chi connectivity index (χ2v) is 6.27. The van der Waals surface area contributed by atoms with Crippen molar-refractivity contribution in [1.82, 2.24) is 15.2 Å². The highest BCUT2D eigenvalue weighted by atomic mass is 35.5. The van der Waals surface area contributed by atoms with Crippen molar-refractivity contribution >= 4 is 23.5 Å². The third-order valence-electron chi connectivity index (χ3n) is 4.23. The summed E-state index contributed by atoms with van der Waals surface area (Å²) in [6.07, 6.45) is 2.85. The quantitative estimate of drug-likeness (QED) is 0.741. The van der Waals surface area contributed by atoms with Crippen LogP contribution < -0.4 is 4.90 Å². The number of carbonyl (C=O) groups is 1. The van der Waals surface area contributed by atoms with Gasteiger partial charge in [0.25, 0.3) is 0 Å². The second-order valence-electron chi connectivity index (χ2n) is 5.86. The molecule has 0 radical (unpaired) electrons. The summed E-state index contributed by atoms with van der Waals surface area (Å²) in [4.78, 5) is 17.8. The average Bonchev–Trinajstić information content (AvgIpc) is 3.14. The Morgan fingerprint density at radius 2 is 2.04 bits per heavy atom. The van der Waals surface area contributed by atoms with E-state index in [4.69, 9.17) is 16.3 Å². The zero-order chi connectivity index (χ0) is 18.1. The normalized spacial score (nSPS) is 17.2. The molecule has 26 heavy (non-hydrogen) atoms. The van der Waals surface area contributed by atoms with Crippen LogP contribution >= 0.6 is 11.6 Å². The minimum atomic E-state index is -0.531. The minimum Gasteiger partial charge on any atom is -0.441 e. The molecule has 1 fully saturated rings. The molecule has 3 heterocycles. The Kier molecular flexibility index (Phi) is 4.30. The number of ether oxygens (including phenoxy) is 1. The van der Waals surface area contributed by atoms with Gasteiger partial charge in [-0.1, -0.05) is 17.7 Å². The largest absolute Gasteiger partial charge is 0.441 e. The van der Waals surface area contributed by atoms with Crippen molar-refractivity contribution in [2.75, 3.05) is 11.4 Å². The van der Waals surface area contributed by atoms with Crippen LogP contribution in [-0.2, 0) is 4.74 Å². The molecule has 6 nitrogen and oxygen atoms in total. The summed E-state index contributed by atoms with van der Waals surface area (Å²) in [5.74, 6) is -0.0560. The van der Waals surface area contributed by atoms with Gasteiger partial charge in [0.2, 0.25) is 0 Å². The summed E-state index contributed by atoms with van der Waals surface area (Å²) in [5, 5.41) is 7.14. The van der Waals surface area contributed by atoms with E-state index in [1.54, 1.807) is 24.5 Å². The molecule has 1 amide bonds. The number of aromatic amines is 1. The van der Waals surface area contributed by atoms with E-state index >= 15 is 0 Å². The maximum atomic E-state index is 13.6. The molecule has 2 aromatic heterocycles. The van der Waals surface area contributed by atoms with Gasteiger partial charge in [-0.2, -0.15) is 5.10 Å². The lowest BCUT2D eigenvalue weighted by Crippen LogP contribution is -2.39. The van der Waals surface area contributed by atoms with E-state index < -0.39 is 18.0 Å². The molecule has 4 rings (SSSR count). The van der Waals surface area contributed by atoms with Crippen LogP contribution in [0.15, 0.2) is 48.8 Å². The topological polar surface area (TPSA) is 71.1 Å². The van der Waals surface area contributed by atoms with Gasteiger partial charge >= 0.3 is 6.09 Å². The van der Waals surface area contributed by atoms with Gasteiger partial charge in [-0.25, -0.2) is 9.18 Å². The second kappa shape index (κ2) is 6.76. The zero-order valence-electron chi connectivity index (χ0n) is 13.5. The number of hydrogen-bond donors (Lipinski definition) is 1. The van der Waals surface area contributed by atoms with E-state index in [2.05, 4.69) is 15.2 Å². The van der Waals surface area contributed by atoms with Gasteiger partial charge in [-0.3, -0.25) is 15.0 Å². The van der Waals surface area contributed by atoms with Gasteiger partial charge in [0.1, 0.15) is 11.9 Å². The number of halogens is 2. The number of nitrogens with zero attached hydrogens (tertiary/aromatic N) is 3. The van der Waals surface area contributed by atoms with E-state index in [0.717, 1.165) is 11.3 Å². The number of anilines is 1. The third kappa shape index (κ3) is 3.13. The molecule has 8 heteroatoms. The Labute approximate surface area is 153 Å². The first kappa shape index (κ1) is 16.5. The summed E-state index contributed by atoms with van der Waals surface area (Å²) in [6.45, 7) is 0.411. The summed E-state index contributed by atoms with van der Waals surface area (Å²) in [7, 11) is 0. The van der Waals surface area contributed by atoms with Gasteiger partial charge in [0.15, 0.2) is 5.82 Å². The number of nitrogens with one attached hydrogen (secondary N) is 1. The van der Waals surface area contributed by atoms with Gasteiger partial charge < -0.3 is 4.74 Å². The zero-order valence-corrected chi connectivity index (χ0v) is 14.3. The Bertz CT molecular complexity index is 947. The summed E-state index contributed by atoms with van der Waals surface area (Å²) >= 11 is 5.70. The number of benzene rings is 1. The first-order valence-corrected chi connectivity index (χ1v) is 8.38. The lowest BCUT2D eigenvalue weighted by molar-refractivity contribution is 0.0837. The minimum absolute atomic E-state index is 0.0395. The molecule has 3 aromatic rings. The van der Waals surface area contributed by atoms with E-state index in [1.165, 1.54) is 17.0 Å². The predicted molar refractivity (Wildman–Crippen MR) is 94.4 cm³/mol. The van der Waals surface area contributed by atoms with Crippen LogP contribution in [-0.4, -0.2) is 27.8 Å². The first-order chi connectivity index (χ1) is 12.6. The lowest BCUT2D eigenvalue weighted by Gasteiger charge is -2.30. The molecule has 1 N–H and O–H groups in total. The van der Waals surface area contributed by atoms with Crippen molar-refractivity contribution in [2.24, 2.45) is 0 Å². The van der Waals surface area contributed by atoms with Crippen LogP contribution in [0.5, 0.6) is 0 Å². The predicted octanol–water partition coefficient (Wildman–Crippen LogP) is 4.35. The van der Waals surface area contributed by atoms with Crippen molar-refractivity contribution in [3.63, 3.8) is 0 Å². The molecular weight excluding hydrogens is 359 g/mol. The Hall–Kier alpha value is -2.93. The molecule has 1 unspecified atom stereocenters. The number of cyclic esters (lactones) is 1. The molecule has 0 bridgehead atoms. The van der Waals surface area contributed by atoms with Crippen LogP contribution in [0.1, 0.15) is 18.1 Å².